The molecule has 2 N–H and O–H groups in total. The molecule has 1 aromatic rings. The predicted octanol–water partition coefficient (Wildman–Crippen LogP) is -0.196. The highest BCUT2D eigenvalue weighted by Gasteiger charge is 2.16. The number of aromatic nitrogens is 2. The summed E-state index contributed by atoms with van der Waals surface area (Å²) in [5, 5.41) is 6.02. The van der Waals surface area contributed by atoms with Gasteiger partial charge < -0.3 is 10.6 Å². The summed E-state index contributed by atoms with van der Waals surface area (Å²) >= 11 is 0. The second kappa shape index (κ2) is 5.97. The fourth-order valence-corrected chi connectivity index (χ4v) is 2.08. The molecule has 1 amide bonds. The van der Waals surface area contributed by atoms with Crippen molar-refractivity contribution >= 4 is 5.91 Å². The van der Waals surface area contributed by atoms with Crippen molar-refractivity contribution < 1.29 is 4.79 Å². The van der Waals surface area contributed by atoms with Crippen molar-refractivity contribution in [1.29, 1.82) is 0 Å². The highest BCUT2D eigenvalue weighted by Crippen LogP contribution is 2.05. The smallest absolute Gasteiger partial charge is 0.257 e. The first-order chi connectivity index (χ1) is 9.11. The van der Waals surface area contributed by atoms with E-state index < -0.39 is 0 Å². The van der Waals surface area contributed by atoms with Gasteiger partial charge in [0.15, 0.2) is 0 Å². The summed E-state index contributed by atoms with van der Waals surface area (Å²) in [6.45, 7) is 5.40. The van der Waals surface area contributed by atoms with Crippen LogP contribution in [-0.4, -0.2) is 28.0 Å². The topological polar surface area (TPSA) is 76.0 Å². The van der Waals surface area contributed by atoms with Crippen LogP contribution in [0.15, 0.2) is 11.1 Å². The van der Waals surface area contributed by atoms with E-state index in [0.29, 0.717) is 13.0 Å². The molecule has 1 aliphatic rings. The van der Waals surface area contributed by atoms with Crippen molar-refractivity contribution in [3.63, 3.8) is 0 Å². The van der Waals surface area contributed by atoms with E-state index >= 15 is 0 Å². The number of carbonyl (C=O) groups excluding carboxylic acids is 1. The van der Waals surface area contributed by atoms with Gasteiger partial charge >= 0.3 is 0 Å². The zero-order chi connectivity index (χ0) is 13.8. The molecule has 6 nitrogen and oxygen atoms in total. The molecule has 0 saturated carbocycles. The Hall–Kier alpha value is -1.69. The maximum Gasteiger partial charge on any atom is 0.257 e. The molecule has 104 valence electrons. The molecule has 0 saturated heterocycles. The number of carbonyl (C=O) groups is 1. The molecule has 19 heavy (non-hydrogen) atoms. The number of hydrogen-bond donors (Lipinski definition) is 2. The van der Waals surface area contributed by atoms with Gasteiger partial charge in [-0.05, 0) is 26.3 Å². The average molecular weight is 264 g/mol. The lowest BCUT2D eigenvalue weighted by molar-refractivity contribution is -0.122. The van der Waals surface area contributed by atoms with Crippen LogP contribution in [0.1, 0.15) is 31.5 Å². The second-order valence-corrected chi connectivity index (χ2v) is 4.91. The molecule has 6 heteroatoms. The Bertz CT molecular complexity index is 524. The number of hydrogen-bond acceptors (Lipinski definition) is 4. The standard InChI is InChI=1S/C13H20N4O2/c1-3-9(2)16-12(18)7-17-8-15-11-6-14-5-4-10(11)13(17)19/h8-9,14H,3-7H2,1-2H3,(H,16,18). The monoisotopic (exact) mass is 264 g/mol. The summed E-state index contributed by atoms with van der Waals surface area (Å²) in [5.74, 6) is -0.146. The fraction of sp³-hybridized carbons (Fsp3) is 0.615. The summed E-state index contributed by atoms with van der Waals surface area (Å²) in [4.78, 5) is 28.3. The quantitative estimate of drug-likeness (QED) is 0.790. The highest BCUT2D eigenvalue weighted by molar-refractivity contribution is 5.75. The Balaban J connectivity index is 2.13. The molecule has 0 bridgehead atoms. The van der Waals surface area contributed by atoms with E-state index in [9.17, 15) is 9.59 Å². The lowest BCUT2D eigenvalue weighted by Crippen LogP contribution is -2.39. The SMILES string of the molecule is CCC(C)NC(=O)Cn1cnc2c(c1=O)CCNC2. The van der Waals surface area contributed by atoms with Gasteiger partial charge in [0.2, 0.25) is 5.91 Å². The zero-order valence-corrected chi connectivity index (χ0v) is 11.4. The van der Waals surface area contributed by atoms with Gasteiger partial charge in [-0.2, -0.15) is 0 Å². The maximum absolute atomic E-state index is 12.2. The summed E-state index contributed by atoms with van der Waals surface area (Å²) in [5.41, 5.74) is 1.44. The third-order valence-corrected chi connectivity index (χ3v) is 3.40. The molecule has 0 radical (unpaired) electrons. The van der Waals surface area contributed by atoms with Crippen LogP contribution in [0.25, 0.3) is 0 Å². The van der Waals surface area contributed by atoms with Crippen molar-refractivity contribution in [1.82, 2.24) is 20.2 Å². The van der Waals surface area contributed by atoms with Crippen LogP contribution >= 0.6 is 0 Å². The van der Waals surface area contributed by atoms with Crippen LogP contribution < -0.4 is 16.2 Å². The molecule has 1 unspecified atom stereocenters. The van der Waals surface area contributed by atoms with E-state index in [0.717, 1.165) is 24.2 Å². The van der Waals surface area contributed by atoms with Crippen molar-refractivity contribution in [2.45, 2.75) is 45.8 Å². The first-order valence-corrected chi connectivity index (χ1v) is 6.69. The van der Waals surface area contributed by atoms with Crippen molar-refractivity contribution in [3.05, 3.63) is 27.9 Å². The number of nitrogens with zero attached hydrogens (tertiary/aromatic N) is 2. The molecular weight excluding hydrogens is 244 g/mol. The molecular formula is C13H20N4O2. The molecule has 0 aliphatic carbocycles. The van der Waals surface area contributed by atoms with Gasteiger partial charge in [-0.25, -0.2) is 4.98 Å². The molecule has 2 heterocycles. The second-order valence-electron chi connectivity index (χ2n) is 4.91. The number of fused-ring (bicyclic) bond motifs is 1. The van der Waals surface area contributed by atoms with E-state index in [2.05, 4.69) is 15.6 Å². The van der Waals surface area contributed by atoms with Crippen LogP contribution in [0.2, 0.25) is 0 Å². The third-order valence-electron chi connectivity index (χ3n) is 3.40. The number of amides is 1. The van der Waals surface area contributed by atoms with E-state index in [-0.39, 0.29) is 24.1 Å². The lowest BCUT2D eigenvalue weighted by atomic mass is 10.1. The first kappa shape index (κ1) is 13.7. The van der Waals surface area contributed by atoms with Crippen LogP contribution in [0.5, 0.6) is 0 Å². The normalized spacial score (nSPS) is 15.7. The highest BCUT2D eigenvalue weighted by atomic mass is 16.2. The van der Waals surface area contributed by atoms with Crippen molar-refractivity contribution in [2.75, 3.05) is 6.54 Å². The van der Waals surface area contributed by atoms with E-state index in [1.54, 1.807) is 0 Å². The van der Waals surface area contributed by atoms with Gasteiger partial charge in [0.1, 0.15) is 6.54 Å². The molecule has 1 aliphatic heterocycles. The predicted molar refractivity (Wildman–Crippen MR) is 71.8 cm³/mol. The largest absolute Gasteiger partial charge is 0.352 e. The van der Waals surface area contributed by atoms with Gasteiger partial charge in [0.25, 0.3) is 5.56 Å². The summed E-state index contributed by atoms with van der Waals surface area (Å²) in [6, 6.07) is 0.123. The summed E-state index contributed by atoms with van der Waals surface area (Å²) in [6.07, 6.45) is 3.01. The Kier molecular flexibility index (Phi) is 4.31. The maximum atomic E-state index is 12.2. The lowest BCUT2D eigenvalue weighted by Gasteiger charge is -2.17. The minimum Gasteiger partial charge on any atom is -0.352 e. The molecule has 0 spiro atoms. The molecule has 1 aromatic heterocycles. The van der Waals surface area contributed by atoms with E-state index in [4.69, 9.17) is 0 Å². The van der Waals surface area contributed by atoms with Gasteiger partial charge in [0.05, 0.1) is 12.0 Å². The van der Waals surface area contributed by atoms with Crippen molar-refractivity contribution in [3.8, 4) is 0 Å². The number of nitrogens with one attached hydrogen (secondary N) is 2. The van der Waals surface area contributed by atoms with E-state index in [1.807, 2.05) is 13.8 Å². The average Bonchev–Trinajstić information content (AvgIpc) is 2.42. The fourth-order valence-electron chi connectivity index (χ4n) is 2.08. The van der Waals surface area contributed by atoms with Gasteiger partial charge in [-0.1, -0.05) is 6.92 Å². The van der Waals surface area contributed by atoms with Gasteiger partial charge in [-0.15, -0.1) is 0 Å². The molecule has 2 rings (SSSR count). The van der Waals surface area contributed by atoms with Crippen LogP contribution in [-0.2, 0) is 24.3 Å². The Morgan fingerprint density at radius 1 is 1.63 bits per heavy atom. The minimum absolute atomic E-state index is 0.0386. The van der Waals surface area contributed by atoms with Gasteiger partial charge in [0, 0.05) is 18.2 Å². The van der Waals surface area contributed by atoms with Crippen molar-refractivity contribution in [2.24, 2.45) is 0 Å². The molecule has 1 atom stereocenters. The summed E-state index contributed by atoms with van der Waals surface area (Å²) < 4.78 is 1.39. The Morgan fingerprint density at radius 2 is 2.42 bits per heavy atom. The van der Waals surface area contributed by atoms with Crippen LogP contribution in [0.4, 0.5) is 0 Å². The van der Waals surface area contributed by atoms with Gasteiger partial charge in [-0.3, -0.25) is 14.2 Å². The van der Waals surface area contributed by atoms with Crippen LogP contribution in [0, 0.1) is 0 Å². The number of rotatable bonds is 4. The Morgan fingerprint density at radius 3 is 3.16 bits per heavy atom. The third kappa shape index (κ3) is 3.20. The van der Waals surface area contributed by atoms with Crippen LogP contribution in [0.3, 0.4) is 0 Å². The Labute approximate surface area is 112 Å². The molecule has 0 fully saturated rings. The first-order valence-electron chi connectivity index (χ1n) is 6.69. The van der Waals surface area contributed by atoms with E-state index in [1.165, 1.54) is 10.9 Å². The minimum atomic E-state index is -0.146. The zero-order valence-electron chi connectivity index (χ0n) is 11.4. The molecule has 0 aromatic carbocycles. The summed E-state index contributed by atoms with van der Waals surface area (Å²) in [7, 11) is 0.